The summed E-state index contributed by atoms with van der Waals surface area (Å²) in [6, 6.07) is 3.39. The maximum atomic E-state index is 13.5. The minimum atomic E-state index is -1.20. The van der Waals surface area contributed by atoms with Crippen LogP contribution in [0.5, 0.6) is 0 Å². The summed E-state index contributed by atoms with van der Waals surface area (Å²) in [7, 11) is 0. The molecular formula is C12H14FNO3S. The van der Waals surface area contributed by atoms with E-state index in [1.807, 2.05) is 6.92 Å². The van der Waals surface area contributed by atoms with Gasteiger partial charge in [0.15, 0.2) is 0 Å². The minimum absolute atomic E-state index is 0.00194. The van der Waals surface area contributed by atoms with Crippen molar-refractivity contribution in [2.45, 2.75) is 13.3 Å². The van der Waals surface area contributed by atoms with E-state index in [-0.39, 0.29) is 22.9 Å². The average Bonchev–Trinajstić information content (AvgIpc) is 2.32. The number of amides is 1. The van der Waals surface area contributed by atoms with Gasteiger partial charge < -0.3 is 10.4 Å². The largest absolute Gasteiger partial charge is 0.478 e. The molecule has 0 heterocycles. The first-order chi connectivity index (χ1) is 8.54. The van der Waals surface area contributed by atoms with Crippen molar-refractivity contribution in [3.05, 3.63) is 29.6 Å². The smallest absolute Gasteiger partial charge is 0.335 e. The first-order valence-corrected chi connectivity index (χ1v) is 6.60. The van der Waals surface area contributed by atoms with Crippen molar-refractivity contribution >= 4 is 29.3 Å². The SMILES string of the molecule is CCCSCC(=O)Nc1ccc(C(=O)O)cc1F. The number of aromatic carboxylic acids is 1. The fourth-order valence-electron chi connectivity index (χ4n) is 1.25. The molecule has 98 valence electrons. The Morgan fingerprint density at radius 2 is 2.17 bits per heavy atom. The van der Waals surface area contributed by atoms with Gasteiger partial charge in [-0.25, -0.2) is 9.18 Å². The molecule has 1 amide bonds. The molecule has 0 unspecified atom stereocenters. The number of nitrogens with one attached hydrogen (secondary N) is 1. The van der Waals surface area contributed by atoms with Gasteiger partial charge in [0.2, 0.25) is 5.91 Å². The lowest BCUT2D eigenvalue weighted by Crippen LogP contribution is -2.15. The molecule has 0 bridgehead atoms. The highest BCUT2D eigenvalue weighted by Gasteiger charge is 2.10. The lowest BCUT2D eigenvalue weighted by atomic mass is 10.2. The minimum Gasteiger partial charge on any atom is -0.478 e. The molecule has 1 rings (SSSR count). The number of hydrogen-bond donors (Lipinski definition) is 2. The number of carbonyl (C=O) groups excluding carboxylic acids is 1. The molecule has 6 heteroatoms. The van der Waals surface area contributed by atoms with Crippen LogP contribution >= 0.6 is 11.8 Å². The van der Waals surface area contributed by atoms with E-state index in [0.29, 0.717) is 0 Å². The van der Waals surface area contributed by atoms with Gasteiger partial charge in [0, 0.05) is 0 Å². The summed E-state index contributed by atoms with van der Waals surface area (Å²) in [5, 5.41) is 11.1. The van der Waals surface area contributed by atoms with Crippen molar-refractivity contribution in [2.75, 3.05) is 16.8 Å². The predicted molar refractivity (Wildman–Crippen MR) is 69.6 cm³/mol. The zero-order valence-corrected chi connectivity index (χ0v) is 10.7. The number of rotatable bonds is 6. The van der Waals surface area contributed by atoms with Crippen molar-refractivity contribution in [2.24, 2.45) is 0 Å². The molecule has 1 aromatic carbocycles. The molecule has 0 spiro atoms. The third kappa shape index (κ3) is 4.37. The van der Waals surface area contributed by atoms with E-state index in [4.69, 9.17) is 5.11 Å². The number of carboxylic acid groups (broad SMARTS) is 1. The lowest BCUT2D eigenvalue weighted by Gasteiger charge is -2.06. The summed E-state index contributed by atoms with van der Waals surface area (Å²) in [4.78, 5) is 22.0. The van der Waals surface area contributed by atoms with Crippen LogP contribution in [0.4, 0.5) is 10.1 Å². The summed E-state index contributed by atoms with van der Waals surface area (Å²) >= 11 is 1.47. The van der Waals surface area contributed by atoms with E-state index in [2.05, 4.69) is 5.32 Å². The Morgan fingerprint density at radius 1 is 1.44 bits per heavy atom. The van der Waals surface area contributed by atoms with Gasteiger partial charge in [0.1, 0.15) is 5.82 Å². The zero-order chi connectivity index (χ0) is 13.5. The quantitative estimate of drug-likeness (QED) is 0.780. The summed E-state index contributed by atoms with van der Waals surface area (Å²) in [5.74, 6) is -1.12. The monoisotopic (exact) mass is 271 g/mol. The maximum absolute atomic E-state index is 13.5. The topological polar surface area (TPSA) is 66.4 Å². The Bertz CT molecular complexity index is 451. The molecule has 2 N–H and O–H groups in total. The summed E-state index contributed by atoms with van der Waals surface area (Å²) in [5.41, 5.74) is -0.145. The van der Waals surface area contributed by atoms with Gasteiger partial charge >= 0.3 is 5.97 Å². The lowest BCUT2D eigenvalue weighted by molar-refractivity contribution is -0.113. The Morgan fingerprint density at radius 3 is 2.72 bits per heavy atom. The number of anilines is 1. The summed E-state index contributed by atoms with van der Waals surface area (Å²) < 4.78 is 13.5. The average molecular weight is 271 g/mol. The second kappa shape index (κ2) is 7.00. The molecular weight excluding hydrogens is 257 g/mol. The molecule has 0 saturated carbocycles. The third-order valence-corrected chi connectivity index (χ3v) is 3.23. The number of carboxylic acids is 1. The van der Waals surface area contributed by atoms with Gasteiger partial charge in [0.25, 0.3) is 0 Å². The Hall–Kier alpha value is -1.56. The number of benzene rings is 1. The molecule has 1 aromatic rings. The van der Waals surface area contributed by atoms with E-state index >= 15 is 0 Å². The van der Waals surface area contributed by atoms with Crippen LogP contribution in [0.2, 0.25) is 0 Å². The number of hydrogen-bond acceptors (Lipinski definition) is 3. The highest BCUT2D eigenvalue weighted by atomic mass is 32.2. The van der Waals surface area contributed by atoms with Crippen LogP contribution in [-0.2, 0) is 4.79 Å². The van der Waals surface area contributed by atoms with Crippen LogP contribution in [0.1, 0.15) is 23.7 Å². The molecule has 0 atom stereocenters. The maximum Gasteiger partial charge on any atom is 0.335 e. The molecule has 0 aliphatic carbocycles. The fraction of sp³-hybridized carbons (Fsp3) is 0.333. The van der Waals surface area contributed by atoms with Crippen LogP contribution in [0.15, 0.2) is 18.2 Å². The molecule has 0 aromatic heterocycles. The Balaban J connectivity index is 2.62. The van der Waals surface area contributed by atoms with E-state index < -0.39 is 11.8 Å². The van der Waals surface area contributed by atoms with Crippen LogP contribution in [0, 0.1) is 5.82 Å². The van der Waals surface area contributed by atoms with E-state index in [0.717, 1.165) is 18.2 Å². The molecule has 0 aliphatic heterocycles. The van der Waals surface area contributed by atoms with Crippen LogP contribution in [0.25, 0.3) is 0 Å². The normalized spacial score (nSPS) is 10.1. The molecule has 0 aliphatic rings. The van der Waals surface area contributed by atoms with Gasteiger partial charge in [-0.1, -0.05) is 6.92 Å². The van der Waals surface area contributed by atoms with Crippen LogP contribution in [-0.4, -0.2) is 28.5 Å². The fourth-order valence-corrected chi connectivity index (χ4v) is 1.94. The van der Waals surface area contributed by atoms with Crippen molar-refractivity contribution in [3.63, 3.8) is 0 Å². The van der Waals surface area contributed by atoms with Crippen molar-refractivity contribution in [1.82, 2.24) is 0 Å². The van der Waals surface area contributed by atoms with Gasteiger partial charge in [-0.05, 0) is 30.4 Å². The predicted octanol–water partition coefficient (Wildman–Crippen LogP) is 2.61. The van der Waals surface area contributed by atoms with Crippen molar-refractivity contribution in [3.8, 4) is 0 Å². The van der Waals surface area contributed by atoms with Crippen LogP contribution in [0.3, 0.4) is 0 Å². The second-order valence-corrected chi connectivity index (χ2v) is 4.71. The molecule has 0 radical (unpaired) electrons. The standard InChI is InChI=1S/C12H14FNO3S/c1-2-5-18-7-11(15)14-10-4-3-8(12(16)17)6-9(10)13/h3-4,6H,2,5,7H2,1H3,(H,14,15)(H,16,17). The first-order valence-electron chi connectivity index (χ1n) is 5.45. The van der Waals surface area contributed by atoms with E-state index in [9.17, 15) is 14.0 Å². The Kier molecular flexibility index (Phi) is 5.64. The van der Waals surface area contributed by atoms with E-state index in [1.54, 1.807) is 0 Å². The molecule has 18 heavy (non-hydrogen) atoms. The zero-order valence-electron chi connectivity index (χ0n) is 9.90. The Labute approximate surface area is 109 Å². The number of halogens is 1. The summed E-state index contributed by atoms with van der Waals surface area (Å²) in [6.45, 7) is 2.01. The number of thioether (sulfide) groups is 1. The van der Waals surface area contributed by atoms with Gasteiger partial charge in [-0.15, -0.1) is 0 Å². The van der Waals surface area contributed by atoms with Gasteiger partial charge in [0.05, 0.1) is 17.0 Å². The highest BCUT2D eigenvalue weighted by Crippen LogP contribution is 2.16. The first kappa shape index (κ1) is 14.5. The van der Waals surface area contributed by atoms with Crippen LogP contribution < -0.4 is 5.32 Å². The van der Waals surface area contributed by atoms with Crippen molar-refractivity contribution in [1.29, 1.82) is 0 Å². The molecule has 0 saturated heterocycles. The van der Waals surface area contributed by atoms with Gasteiger partial charge in [-0.2, -0.15) is 11.8 Å². The summed E-state index contributed by atoms with van der Waals surface area (Å²) in [6.07, 6.45) is 0.972. The molecule has 4 nitrogen and oxygen atoms in total. The third-order valence-electron chi connectivity index (χ3n) is 2.07. The van der Waals surface area contributed by atoms with E-state index in [1.165, 1.54) is 23.9 Å². The highest BCUT2D eigenvalue weighted by molar-refractivity contribution is 7.99. The van der Waals surface area contributed by atoms with Crippen molar-refractivity contribution < 1.29 is 19.1 Å². The second-order valence-electron chi connectivity index (χ2n) is 3.60. The van der Waals surface area contributed by atoms with Gasteiger partial charge in [-0.3, -0.25) is 4.79 Å². The molecule has 0 fully saturated rings. The number of carbonyl (C=O) groups is 2.